The molecule has 0 radical (unpaired) electrons. The van der Waals surface area contributed by atoms with Crippen molar-refractivity contribution in [1.82, 2.24) is 10.3 Å². The molecule has 1 aliphatic carbocycles. The number of nitrogens with one attached hydrogen (secondary N) is 2. The van der Waals surface area contributed by atoms with Crippen LogP contribution in [0.4, 0.5) is 13.9 Å². The molecule has 2 aromatic carbocycles. The minimum Gasteiger partial charge on any atom is -0.357 e. The van der Waals surface area contributed by atoms with E-state index in [1.165, 1.54) is 41.7 Å². The largest absolute Gasteiger partial charge is 0.357 e. The summed E-state index contributed by atoms with van der Waals surface area (Å²) in [5.74, 6) is -1.47. The van der Waals surface area contributed by atoms with Gasteiger partial charge in [-0.1, -0.05) is 29.0 Å². The minimum absolute atomic E-state index is 0.0371. The molecule has 2 unspecified atom stereocenters. The van der Waals surface area contributed by atoms with Crippen molar-refractivity contribution in [3.8, 4) is 0 Å². The standard InChI is InChI=1S/C19H16ClF2N3OS/c20-11-3-1-4-12(22)17(11)18(26)23-13-5-2-6-14(13)24-19-25-15-8-7-10(21)9-16(15)27-19/h1,3-4,7-9,13-14H,2,5-6H2,(H,23,26)(H,24,25). The fraction of sp³-hybridized carbons (Fsp3) is 0.263. The maximum absolute atomic E-state index is 14.0. The summed E-state index contributed by atoms with van der Waals surface area (Å²) in [6.07, 6.45) is 2.54. The third-order valence-electron chi connectivity index (χ3n) is 4.68. The topological polar surface area (TPSA) is 54.0 Å². The van der Waals surface area contributed by atoms with Crippen LogP contribution in [-0.2, 0) is 0 Å². The molecule has 4 rings (SSSR count). The first-order valence-corrected chi connectivity index (χ1v) is 9.78. The Hall–Kier alpha value is -2.25. The van der Waals surface area contributed by atoms with Gasteiger partial charge < -0.3 is 10.6 Å². The summed E-state index contributed by atoms with van der Waals surface area (Å²) < 4.78 is 28.1. The monoisotopic (exact) mass is 407 g/mol. The van der Waals surface area contributed by atoms with E-state index >= 15 is 0 Å². The predicted octanol–water partition coefficient (Wildman–Crippen LogP) is 4.99. The van der Waals surface area contributed by atoms with Crippen molar-refractivity contribution in [1.29, 1.82) is 0 Å². The fourth-order valence-corrected chi connectivity index (χ4v) is 4.58. The van der Waals surface area contributed by atoms with Gasteiger partial charge in [-0.25, -0.2) is 13.8 Å². The molecule has 1 aromatic heterocycles. The molecule has 0 saturated heterocycles. The second-order valence-electron chi connectivity index (χ2n) is 6.49. The lowest BCUT2D eigenvalue weighted by atomic mass is 10.1. The number of hydrogen-bond acceptors (Lipinski definition) is 4. The molecular formula is C19H16ClF2N3OS. The molecule has 140 valence electrons. The minimum atomic E-state index is -0.643. The second-order valence-corrected chi connectivity index (χ2v) is 7.93. The van der Waals surface area contributed by atoms with Gasteiger partial charge >= 0.3 is 0 Å². The van der Waals surface area contributed by atoms with Crippen LogP contribution in [0.15, 0.2) is 36.4 Å². The Balaban J connectivity index is 1.49. The molecule has 0 bridgehead atoms. The van der Waals surface area contributed by atoms with Gasteiger partial charge in [-0.2, -0.15) is 0 Å². The Labute approximate surface area is 163 Å². The maximum atomic E-state index is 14.0. The number of fused-ring (bicyclic) bond motifs is 1. The lowest BCUT2D eigenvalue weighted by molar-refractivity contribution is 0.0932. The highest BCUT2D eigenvalue weighted by atomic mass is 35.5. The van der Waals surface area contributed by atoms with E-state index < -0.39 is 11.7 Å². The van der Waals surface area contributed by atoms with E-state index in [1.807, 2.05) is 0 Å². The average molecular weight is 408 g/mol. The highest BCUT2D eigenvalue weighted by molar-refractivity contribution is 7.22. The van der Waals surface area contributed by atoms with Crippen LogP contribution in [0.5, 0.6) is 0 Å². The lowest BCUT2D eigenvalue weighted by Crippen LogP contribution is -2.43. The van der Waals surface area contributed by atoms with Crippen LogP contribution in [0.1, 0.15) is 29.6 Å². The summed E-state index contributed by atoms with van der Waals surface area (Å²) in [5, 5.41) is 6.97. The number of halogens is 3. The zero-order valence-corrected chi connectivity index (χ0v) is 15.7. The summed E-state index contributed by atoms with van der Waals surface area (Å²) in [7, 11) is 0. The summed E-state index contributed by atoms with van der Waals surface area (Å²) in [6, 6.07) is 8.43. The first kappa shape index (κ1) is 18.1. The van der Waals surface area contributed by atoms with Crippen LogP contribution < -0.4 is 10.6 Å². The highest BCUT2D eigenvalue weighted by Crippen LogP contribution is 2.30. The number of thiazole rings is 1. The zero-order valence-electron chi connectivity index (χ0n) is 14.1. The molecule has 1 heterocycles. The second kappa shape index (κ2) is 7.40. The molecule has 27 heavy (non-hydrogen) atoms. The number of carbonyl (C=O) groups is 1. The molecular weight excluding hydrogens is 392 g/mol. The Morgan fingerprint density at radius 3 is 2.81 bits per heavy atom. The first-order valence-electron chi connectivity index (χ1n) is 8.59. The van der Waals surface area contributed by atoms with Gasteiger partial charge in [0.15, 0.2) is 5.13 Å². The number of anilines is 1. The van der Waals surface area contributed by atoms with Crippen LogP contribution in [0, 0.1) is 11.6 Å². The van der Waals surface area contributed by atoms with Crippen molar-refractivity contribution < 1.29 is 13.6 Å². The van der Waals surface area contributed by atoms with Gasteiger partial charge in [-0.15, -0.1) is 0 Å². The molecule has 1 amide bonds. The van der Waals surface area contributed by atoms with Gasteiger partial charge in [0.25, 0.3) is 5.91 Å². The summed E-state index contributed by atoms with van der Waals surface area (Å²) in [4.78, 5) is 17.0. The molecule has 1 fully saturated rings. The Morgan fingerprint density at radius 2 is 2.00 bits per heavy atom. The summed E-state index contributed by atoms with van der Waals surface area (Å²) in [6.45, 7) is 0. The van der Waals surface area contributed by atoms with Gasteiger partial charge in [0.05, 0.1) is 20.8 Å². The normalized spacial score (nSPS) is 19.4. The third kappa shape index (κ3) is 3.75. The van der Waals surface area contributed by atoms with E-state index in [2.05, 4.69) is 15.6 Å². The van der Waals surface area contributed by atoms with Crippen LogP contribution in [0.25, 0.3) is 10.2 Å². The van der Waals surface area contributed by atoms with Gasteiger partial charge in [-0.3, -0.25) is 4.79 Å². The van der Waals surface area contributed by atoms with Gasteiger partial charge in [-0.05, 0) is 49.6 Å². The van der Waals surface area contributed by atoms with Gasteiger partial charge in [0, 0.05) is 12.1 Å². The molecule has 8 heteroatoms. The van der Waals surface area contributed by atoms with Crippen molar-refractivity contribution in [3.63, 3.8) is 0 Å². The SMILES string of the molecule is O=C(NC1CCCC1Nc1nc2ccc(F)cc2s1)c1c(F)cccc1Cl. The van der Waals surface area contributed by atoms with E-state index in [9.17, 15) is 13.6 Å². The van der Waals surface area contributed by atoms with E-state index in [0.717, 1.165) is 29.5 Å². The van der Waals surface area contributed by atoms with Crippen molar-refractivity contribution in [2.75, 3.05) is 5.32 Å². The van der Waals surface area contributed by atoms with Crippen LogP contribution in [-0.4, -0.2) is 23.0 Å². The molecule has 2 N–H and O–H groups in total. The van der Waals surface area contributed by atoms with Crippen LogP contribution >= 0.6 is 22.9 Å². The van der Waals surface area contributed by atoms with Crippen molar-refractivity contribution in [3.05, 3.63) is 58.6 Å². The van der Waals surface area contributed by atoms with E-state index in [4.69, 9.17) is 11.6 Å². The Kier molecular flexibility index (Phi) is 4.97. The number of rotatable bonds is 4. The Bertz CT molecular complexity index is 990. The average Bonchev–Trinajstić information content (AvgIpc) is 3.21. The number of aromatic nitrogens is 1. The van der Waals surface area contributed by atoms with E-state index in [1.54, 1.807) is 6.07 Å². The third-order valence-corrected chi connectivity index (χ3v) is 5.95. The quantitative estimate of drug-likeness (QED) is 0.640. The van der Waals surface area contributed by atoms with Gasteiger partial charge in [0.2, 0.25) is 0 Å². The van der Waals surface area contributed by atoms with Crippen molar-refractivity contribution >= 4 is 44.2 Å². The van der Waals surface area contributed by atoms with Crippen molar-refractivity contribution in [2.45, 2.75) is 31.3 Å². The smallest absolute Gasteiger partial charge is 0.256 e. The number of benzene rings is 2. The summed E-state index contributed by atoms with van der Waals surface area (Å²) >= 11 is 7.34. The fourth-order valence-electron chi connectivity index (χ4n) is 3.38. The first-order chi connectivity index (χ1) is 13.0. The molecule has 3 aromatic rings. The number of nitrogens with zero attached hydrogens (tertiary/aromatic N) is 1. The molecule has 0 spiro atoms. The van der Waals surface area contributed by atoms with E-state index in [-0.39, 0.29) is 28.5 Å². The van der Waals surface area contributed by atoms with Crippen molar-refractivity contribution in [2.24, 2.45) is 0 Å². The number of carbonyl (C=O) groups excluding carboxylic acids is 1. The van der Waals surface area contributed by atoms with Crippen LogP contribution in [0.3, 0.4) is 0 Å². The highest BCUT2D eigenvalue weighted by Gasteiger charge is 2.30. The zero-order chi connectivity index (χ0) is 19.0. The molecule has 4 nitrogen and oxygen atoms in total. The number of amides is 1. The molecule has 2 atom stereocenters. The Morgan fingerprint density at radius 1 is 1.19 bits per heavy atom. The van der Waals surface area contributed by atoms with E-state index in [0.29, 0.717) is 5.13 Å². The molecule has 1 saturated carbocycles. The van der Waals surface area contributed by atoms with Gasteiger partial charge in [0.1, 0.15) is 11.6 Å². The molecule has 0 aliphatic heterocycles. The number of hydrogen-bond donors (Lipinski definition) is 2. The molecule has 1 aliphatic rings. The summed E-state index contributed by atoms with van der Waals surface area (Å²) in [5.41, 5.74) is 0.584. The van der Waals surface area contributed by atoms with Crippen LogP contribution in [0.2, 0.25) is 5.02 Å². The lowest BCUT2D eigenvalue weighted by Gasteiger charge is -2.22. The maximum Gasteiger partial charge on any atom is 0.256 e. The predicted molar refractivity (Wildman–Crippen MR) is 104 cm³/mol.